The lowest BCUT2D eigenvalue weighted by molar-refractivity contribution is -0.933. The number of carbonyl (C=O) groups excluding carboxylic acids is 1. The molecule has 4 nitrogen and oxygen atoms in total. The molecule has 1 aliphatic rings. The number of thiophene rings is 1. The zero-order valence-corrected chi connectivity index (χ0v) is 17.8. The summed E-state index contributed by atoms with van der Waals surface area (Å²) < 4.78 is 13.2. The van der Waals surface area contributed by atoms with Crippen LogP contribution in [0.2, 0.25) is 0 Å². The van der Waals surface area contributed by atoms with Gasteiger partial charge in [-0.3, -0.25) is 4.79 Å². The van der Waals surface area contributed by atoms with Crippen LogP contribution in [0.3, 0.4) is 0 Å². The lowest BCUT2D eigenvalue weighted by Gasteiger charge is -2.39. The number of nitrogens with one attached hydrogen (secondary N) is 2. The predicted molar refractivity (Wildman–Crippen MR) is 113 cm³/mol. The molecule has 1 saturated heterocycles. The van der Waals surface area contributed by atoms with Gasteiger partial charge in [0, 0.05) is 12.1 Å². The van der Waals surface area contributed by atoms with Crippen molar-refractivity contribution in [2.75, 3.05) is 31.1 Å². The van der Waals surface area contributed by atoms with Gasteiger partial charge in [-0.1, -0.05) is 19.9 Å². The van der Waals surface area contributed by atoms with E-state index in [0.717, 1.165) is 31.9 Å². The summed E-state index contributed by atoms with van der Waals surface area (Å²) in [4.78, 5) is 17.5. The quantitative estimate of drug-likeness (QED) is 0.745. The van der Waals surface area contributed by atoms with E-state index < -0.39 is 0 Å². The van der Waals surface area contributed by atoms with Gasteiger partial charge >= 0.3 is 0 Å². The number of carbonyl (C=O) groups is 1. The maximum Gasteiger partial charge on any atom is 0.220 e. The second-order valence-electron chi connectivity index (χ2n) is 8.07. The van der Waals surface area contributed by atoms with Crippen molar-refractivity contribution < 1.29 is 14.1 Å². The summed E-state index contributed by atoms with van der Waals surface area (Å²) in [7, 11) is 0. The molecule has 0 aliphatic carbocycles. The highest BCUT2D eigenvalue weighted by atomic mass is 32.1. The van der Waals surface area contributed by atoms with Crippen molar-refractivity contribution in [2.24, 2.45) is 5.92 Å². The van der Waals surface area contributed by atoms with E-state index in [4.69, 9.17) is 0 Å². The number of hydrogen-bond acceptors (Lipinski definition) is 3. The fourth-order valence-corrected chi connectivity index (χ4v) is 5.04. The maximum atomic E-state index is 13.2. The topological polar surface area (TPSA) is 36.8 Å². The monoisotopic (exact) mass is 404 g/mol. The van der Waals surface area contributed by atoms with E-state index in [1.165, 1.54) is 21.9 Å². The Morgan fingerprint density at radius 2 is 1.86 bits per heavy atom. The van der Waals surface area contributed by atoms with Gasteiger partial charge in [0.15, 0.2) is 0 Å². The van der Waals surface area contributed by atoms with E-state index >= 15 is 0 Å². The molecular weight excluding hydrogens is 373 g/mol. The minimum Gasteiger partial charge on any atom is -0.360 e. The Kier molecular flexibility index (Phi) is 7.08. The third-order valence-electron chi connectivity index (χ3n) is 5.37. The summed E-state index contributed by atoms with van der Waals surface area (Å²) in [6.07, 6.45) is 0.565. The largest absolute Gasteiger partial charge is 0.360 e. The lowest BCUT2D eigenvalue weighted by Crippen LogP contribution is -3.16. The molecule has 1 fully saturated rings. The molecule has 1 aromatic heterocycles. The highest BCUT2D eigenvalue weighted by Gasteiger charge is 2.34. The first-order chi connectivity index (χ1) is 13.4. The van der Waals surface area contributed by atoms with Gasteiger partial charge in [-0.2, -0.15) is 0 Å². The Hall–Kier alpha value is -1.92. The third kappa shape index (κ3) is 5.32. The van der Waals surface area contributed by atoms with Crippen molar-refractivity contribution in [1.82, 2.24) is 5.32 Å². The summed E-state index contributed by atoms with van der Waals surface area (Å²) in [6, 6.07) is 11.4. The number of piperazine rings is 1. The molecule has 2 aromatic rings. The Balaban J connectivity index is 1.66. The fourth-order valence-electron chi connectivity index (χ4n) is 4.05. The van der Waals surface area contributed by atoms with Crippen LogP contribution in [0.4, 0.5) is 10.1 Å². The van der Waals surface area contributed by atoms with Gasteiger partial charge in [0.25, 0.3) is 0 Å². The number of hydrogen-bond donors (Lipinski definition) is 2. The number of anilines is 1. The van der Waals surface area contributed by atoms with Crippen molar-refractivity contribution in [3.8, 4) is 0 Å². The van der Waals surface area contributed by atoms with Crippen LogP contribution in [0.15, 0.2) is 41.8 Å². The first-order valence-corrected chi connectivity index (χ1v) is 11.0. The highest BCUT2D eigenvalue weighted by molar-refractivity contribution is 7.10. The molecule has 0 spiro atoms. The zero-order chi connectivity index (χ0) is 20.1. The average Bonchev–Trinajstić information content (AvgIpc) is 3.16. The van der Waals surface area contributed by atoms with Crippen LogP contribution in [0, 0.1) is 11.7 Å². The average molecular weight is 405 g/mol. The van der Waals surface area contributed by atoms with Gasteiger partial charge < -0.3 is 15.1 Å². The molecular formula is C22H31FN3OS+. The van der Waals surface area contributed by atoms with Crippen molar-refractivity contribution in [3.63, 3.8) is 0 Å². The molecule has 0 radical (unpaired) electrons. The summed E-state index contributed by atoms with van der Waals surface area (Å²) in [5.74, 6) is 0.295. The molecule has 0 saturated carbocycles. The molecule has 6 heteroatoms. The van der Waals surface area contributed by atoms with Crippen LogP contribution in [0.1, 0.15) is 38.1 Å². The minimum absolute atomic E-state index is 0.0808. The van der Waals surface area contributed by atoms with Gasteiger partial charge in [0.05, 0.1) is 37.1 Å². The molecule has 0 unspecified atom stereocenters. The van der Waals surface area contributed by atoms with Crippen molar-refractivity contribution in [1.29, 1.82) is 0 Å². The highest BCUT2D eigenvalue weighted by Crippen LogP contribution is 2.21. The number of rotatable bonds is 7. The Labute approximate surface area is 171 Å². The van der Waals surface area contributed by atoms with Crippen LogP contribution in [0.25, 0.3) is 0 Å². The number of quaternary nitrogens is 1. The standard InChI is InChI=1S/C22H30FN3OS/c1-16(2)15-21(27)24-17(3)22(20-5-4-14-28-20)26-12-10-25(11-13-26)19-8-6-18(23)7-9-19/h4-9,14,16-17,22H,10-13,15H2,1-3H3,(H,24,27)/p+1/t17-,22-/m0/s1. The van der Waals surface area contributed by atoms with Gasteiger partial charge in [-0.15, -0.1) is 11.3 Å². The SMILES string of the molecule is CC(C)CC(=O)N[C@@H](C)[C@@H](c1cccs1)[NH+]1CCN(c2ccc(F)cc2)CC1. The molecule has 1 aromatic carbocycles. The molecule has 152 valence electrons. The molecule has 1 amide bonds. The fraction of sp³-hybridized carbons (Fsp3) is 0.500. The van der Waals surface area contributed by atoms with Crippen LogP contribution in [0.5, 0.6) is 0 Å². The lowest BCUT2D eigenvalue weighted by atomic mass is 10.0. The second-order valence-corrected chi connectivity index (χ2v) is 9.05. The minimum atomic E-state index is -0.197. The van der Waals surface area contributed by atoms with Crippen LogP contribution in [-0.4, -0.2) is 38.1 Å². The summed E-state index contributed by atoms with van der Waals surface area (Å²) >= 11 is 1.77. The van der Waals surface area contributed by atoms with Crippen molar-refractivity contribution in [2.45, 2.75) is 39.3 Å². The Morgan fingerprint density at radius 1 is 1.18 bits per heavy atom. The zero-order valence-electron chi connectivity index (χ0n) is 17.0. The van der Waals surface area contributed by atoms with Crippen LogP contribution in [-0.2, 0) is 4.79 Å². The van der Waals surface area contributed by atoms with Crippen molar-refractivity contribution in [3.05, 3.63) is 52.5 Å². The summed E-state index contributed by atoms with van der Waals surface area (Å²) in [6.45, 7) is 10.1. The smallest absolute Gasteiger partial charge is 0.220 e. The molecule has 0 bridgehead atoms. The number of halogens is 1. The van der Waals surface area contributed by atoms with E-state index in [9.17, 15) is 9.18 Å². The van der Waals surface area contributed by atoms with Crippen molar-refractivity contribution >= 4 is 22.9 Å². The normalized spacial score (nSPS) is 17.5. The first-order valence-electron chi connectivity index (χ1n) is 10.1. The summed E-state index contributed by atoms with van der Waals surface area (Å²) in [5.41, 5.74) is 1.08. The Morgan fingerprint density at radius 3 is 2.43 bits per heavy atom. The summed E-state index contributed by atoms with van der Waals surface area (Å²) in [5, 5.41) is 5.35. The molecule has 2 N–H and O–H groups in total. The molecule has 2 atom stereocenters. The predicted octanol–water partition coefficient (Wildman–Crippen LogP) is 2.88. The molecule has 3 rings (SSSR count). The number of nitrogens with zero attached hydrogens (tertiary/aromatic N) is 1. The Bertz CT molecular complexity index is 740. The maximum absolute atomic E-state index is 13.2. The van der Waals surface area contributed by atoms with Gasteiger partial charge in [0.1, 0.15) is 11.9 Å². The van der Waals surface area contributed by atoms with E-state index in [1.807, 2.05) is 12.1 Å². The number of benzene rings is 1. The number of amides is 1. The van der Waals surface area contributed by atoms with Gasteiger partial charge in [-0.25, -0.2) is 4.39 Å². The third-order valence-corrected chi connectivity index (χ3v) is 6.32. The van der Waals surface area contributed by atoms with E-state index in [1.54, 1.807) is 11.3 Å². The molecule has 2 heterocycles. The van der Waals surface area contributed by atoms with Crippen LogP contribution >= 0.6 is 11.3 Å². The van der Waals surface area contributed by atoms with Gasteiger partial charge in [-0.05, 0) is 48.6 Å². The van der Waals surface area contributed by atoms with Gasteiger partial charge in [0.2, 0.25) is 5.91 Å². The molecule has 28 heavy (non-hydrogen) atoms. The van der Waals surface area contributed by atoms with Crippen LogP contribution < -0.4 is 15.1 Å². The first kappa shape index (κ1) is 20.8. The van der Waals surface area contributed by atoms with E-state index in [2.05, 4.69) is 48.5 Å². The second kappa shape index (κ2) is 9.52. The molecule has 1 aliphatic heterocycles. The van der Waals surface area contributed by atoms with E-state index in [0.29, 0.717) is 12.3 Å². The van der Waals surface area contributed by atoms with E-state index in [-0.39, 0.29) is 23.8 Å².